The molecule has 4 rings (SSSR count). The van der Waals surface area contributed by atoms with E-state index < -0.39 is 47.0 Å². The third-order valence-electron chi connectivity index (χ3n) is 5.33. The number of benzene rings is 3. The fraction of sp³-hybridized carbons (Fsp3) is 0.185. The van der Waals surface area contributed by atoms with Crippen molar-refractivity contribution in [1.82, 2.24) is 0 Å². The lowest BCUT2D eigenvalue weighted by Crippen LogP contribution is -2.20. The van der Waals surface area contributed by atoms with E-state index in [1.54, 1.807) is 18.2 Å². The molecule has 0 spiro atoms. The lowest BCUT2D eigenvalue weighted by Gasteiger charge is -2.16. The molecule has 37 heavy (non-hydrogen) atoms. The lowest BCUT2D eigenvalue weighted by molar-refractivity contribution is -0.154. The van der Waals surface area contributed by atoms with E-state index in [1.165, 1.54) is 42.5 Å². The number of para-hydroxylation sites is 1. The van der Waals surface area contributed by atoms with Crippen LogP contribution in [0.25, 0.3) is 11.0 Å². The quantitative estimate of drug-likeness (QED) is 0.272. The number of amides is 1. The summed E-state index contributed by atoms with van der Waals surface area (Å²) in [6, 6.07) is 15.2. The first-order valence-corrected chi connectivity index (χ1v) is 11.2. The van der Waals surface area contributed by atoms with Crippen LogP contribution < -0.4 is 20.2 Å². The largest absolute Gasteiger partial charge is 0.484 e. The van der Waals surface area contributed by atoms with Crippen LogP contribution in [-0.2, 0) is 11.0 Å². The van der Waals surface area contributed by atoms with Gasteiger partial charge in [0.15, 0.2) is 6.61 Å². The van der Waals surface area contributed by atoms with Crippen molar-refractivity contribution in [1.29, 1.82) is 0 Å². The first-order valence-electron chi connectivity index (χ1n) is 11.2. The zero-order chi connectivity index (χ0) is 26.7. The fourth-order valence-electron chi connectivity index (χ4n) is 3.57. The van der Waals surface area contributed by atoms with Crippen molar-refractivity contribution < 1.29 is 36.2 Å². The summed E-state index contributed by atoms with van der Waals surface area (Å²) in [6.45, 7) is 3.20. The van der Waals surface area contributed by atoms with Gasteiger partial charge in [-0.3, -0.25) is 9.59 Å². The highest BCUT2D eigenvalue weighted by Crippen LogP contribution is 2.40. The van der Waals surface area contributed by atoms with Crippen molar-refractivity contribution in [3.05, 3.63) is 94.1 Å². The first kappa shape index (κ1) is 25.7. The predicted molar refractivity (Wildman–Crippen MR) is 129 cm³/mol. The average molecular weight is 515 g/mol. The van der Waals surface area contributed by atoms with Crippen LogP contribution in [-0.4, -0.2) is 12.5 Å². The van der Waals surface area contributed by atoms with Gasteiger partial charge in [0, 0.05) is 11.8 Å². The van der Waals surface area contributed by atoms with Crippen molar-refractivity contribution in [2.45, 2.75) is 25.9 Å². The highest BCUT2D eigenvalue weighted by molar-refractivity contribution is 5.92. The second kappa shape index (κ2) is 10.3. The van der Waals surface area contributed by atoms with Crippen LogP contribution in [0.4, 0.5) is 23.2 Å². The lowest BCUT2D eigenvalue weighted by atomic mass is 10.0. The van der Waals surface area contributed by atoms with Crippen molar-refractivity contribution in [3.63, 3.8) is 0 Å². The van der Waals surface area contributed by atoms with Gasteiger partial charge in [-0.2, -0.15) is 13.2 Å². The standard InChI is InChI=1S/C27H21F4NO5/c1-15(2)19-5-3-4-6-21(19)36-25-24(34)20-12-11-18(13-22(20)37-26(25)27(29,30)31)35-14-23(33)32-17-9-7-16(28)8-10-17/h3-13,15H,14H2,1-2H3,(H,32,33). The van der Waals surface area contributed by atoms with Crippen LogP contribution in [0.1, 0.15) is 31.1 Å². The molecule has 0 aliphatic carbocycles. The van der Waals surface area contributed by atoms with Gasteiger partial charge in [0.05, 0.1) is 5.39 Å². The molecule has 0 fully saturated rings. The molecule has 1 heterocycles. The number of fused-ring (bicyclic) bond motifs is 1. The molecule has 6 nitrogen and oxygen atoms in total. The molecule has 0 bridgehead atoms. The van der Waals surface area contributed by atoms with E-state index in [9.17, 15) is 27.2 Å². The van der Waals surface area contributed by atoms with E-state index in [-0.39, 0.29) is 22.8 Å². The molecule has 0 aliphatic rings. The molecule has 0 unspecified atom stereocenters. The summed E-state index contributed by atoms with van der Waals surface area (Å²) in [5.41, 5.74) is -0.440. The Morgan fingerprint density at radius 3 is 2.41 bits per heavy atom. The zero-order valence-electron chi connectivity index (χ0n) is 19.7. The van der Waals surface area contributed by atoms with Crippen molar-refractivity contribution in [2.24, 2.45) is 0 Å². The Balaban J connectivity index is 1.63. The van der Waals surface area contributed by atoms with Crippen molar-refractivity contribution >= 4 is 22.6 Å². The molecule has 3 aromatic carbocycles. The van der Waals surface area contributed by atoms with Crippen molar-refractivity contribution in [2.75, 3.05) is 11.9 Å². The fourth-order valence-corrected chi connectivity index (χ4v) is 3.57. The SMILES string of the molecule is CC(C)c1ccccc1Oc1c(C(F)(F)F)oc2cc(OCC(=O)Nc3ccc(F)cc3)ccc2c1=O. The molecule has 0 aliphatic heterocycles. The number of halogens is 4. The number of ether oxygens (including phenoxy) is 2. The van der Waals surface area contributed by atoms with Crippen LogP contribution in [0.5, 0.6) is 17.2 Å². The minimum atomic E-state index is -5.03. The maximum Gasteiger partial charge on any atom is 0.453 e. The van der Waals surface area contributed by atoms with E-state index in [1.807, 2.05) is 13.8 Å². The van der Waals surface area contributed by atoms with Gasteiger partial charge < -0.3 is 19.2 Å². The highest BCUT2D eigenvalue weighted by atomic mass is 19.4. The number of hydrogen-bond acceptors (Lipinski definition) is 5. The monoisotopic (exact) mass is 515 g/mol. The maximum atomic E-state index is 13.9. The predicted octanol–water partition coefficient (Wildman–Crippen LogP) is 6.88. The van der Waals surface area contributed by atoms with Gasteiger partial charge in [-0.15, -0.1) is 0 Å². The van der Waals surface area contributed by atoms with Gasteiger partial charge in [-0.25, -0.2) is 4.39 Å². The van der Waals surface area contributed by atoms with E-state index in [2.05, 4.69) is 5.32 Å². The number of alkyl halides is 3. The Hall–Kier alpha value is -4.34. The average Bonchev–Trinajstić information content (AvgIpc) is 2.85. The third-order valence-corrected chi connectivity index (χ3v) is 5.33. The first-order chi connectivity index (χ1) is 17.5. The van der Waals surface area contributed by atoms with Gasteiger partial charge in [-0.05, 0) is 53.9 Å². The van der Waals surface area contributed by atoms with Crippen LogP contribution in [0.3, 0.4) is 0 Å². The molecule has 0 atom stereocenters. The number of anilines is 1. The van der Waals surface area contributed by atoms with Crippen LogP contribution in [0.2, 0.25) is 0 Å². The summed E-state index contributed by atoms with van der Waals surface area (Å²) in [4.78, 5) is 25.2. The molecule has 0 radical (unpaired) electrons. The maximum absolute atomic E-state index is 13.9. The number of carbonyl (C=O) groups excluding carboxylic acids is 1. The minimum Gasteiger partial charge on any atom is -0.484 e. The van der Waals surface area contributed by atoms with Gasteiger partial charge in [0.1, 0.15) is 22.9 Å². The Bertz CT molecular complexity index is 1490. The molecule has 4 aromatic rings. The Labute approximate surface area is 208 Å². The number of rotatable bonds is 7. The highest BCUT2D eigenvalue weighted by Gasteiger charge is 2.40. The Morgan fingerprint density at radius 1 is 1.03 bits per heavy atom. The molecule has 1 amide bonds. The van der Waals surface area contributed by atoms with Gasteiger partial charge >= 0.3 is 6.18 Å². The second-order valence-electron chi connectivity index (χ2n) is 8.38. The van der Waals surface area contributed by atoms with Gasteiger partial charge in [-0.1, -0.05) is 32.0 Å². The number of hydrogen-bond donors (Lipinski definition) is 1. The molecule has 10 heteroatoms. The summed E-state index contributed by atoms with van der Waals surface area (Å²) < 4.78 is 70.6. The topological polar surface area (TPSA) is 77.8 Å². The molecule has 1 N–H and O–H groups in total. The number of nitrogens with one attached hydrogen (secondary N) is 1. The third kappa shape index (κ3) is 5.91. The number of carbonyl (C=O) groups is 1. The summed E-state index contributed by atoms with van der Waals surface area (Å²) in [5.74, 6) is -3.58. The van der Waals surface area contributed by atoms with Crippen LogP contribution in [0.15, 0.2) is 75.9 Å². The molecule has 192 valence electrons. The van der Waals surface area contributed by atoms with Gasteiger partial charge in [0.2, 0.25) is 11.2 Å². The van der Waals surface area contributed by atoms with E-state index >= 15 is 0 Å². The van der Waals surface area contributed by atoms with E-state index in [4.69, 9.17) is 13.9 Å². The molecule has 1 aromatic heterocycles. The minimum absolute atomic E-state index is 0.00291. The zero-order valence-corrected chi connectivity index (χ0v) is 19.7. The molecule has 0 saturated heterocycles. The Morgan fingerprint density at radius 2 is 1.73 bits per heavy atom. The smallest absolute Gasteiger partial charge is 0.453 e. The Kier molecular flexibility index (Phi) is 7.19. The molecular formula is C27H21F4NO5. The van der Waals surface area contributed by atoms with E-state index in [0.717, 1.165) is 6.07 Å². The van der Waals surface area contributed by atoms with Gasteiger partial charge in [0.25, 0.3) is 11.7 Å². The summed E-state index contributed by atoms with van der Waals surface area (Å²) in [6.07, 6.45) is -5.03. The van der Waals surface area contributed by atoms with Crippen molar-refractivity contribution in [3.8, 4) is 17.2 Å². The van der Waals surface area contributed by atoms with Crippen LogP contribution in [0, 0.1) is 5.82 Å². The van der Waals surface area contributed by atoms with E-state index in [0.29, 0.717) is 11.3 Å². The summed E-state index contributed by atoms with van der Waals surface area (Å²) >= 11 is 0. The second-order valence-corrected chi connectivity index (χ2v) is 8.38. The van der Waals surface area contributed by atoms with Crippen LogP contribution >= 0.6 is 0 Å². The normalized spacial score (nSPS) is 11.5. The summed E-state index contributed by atoms with van der Waals surface area (Å²) in [5, 5.41) is 2.33. The molecule has 0 saturated carbocycles. The summed E-state index contributed by atoms with van der Waals surface area (Å²) in [7, 11) is 0. The molecular weight excluding hydrogens is 494 g/mol.